The van der Waals surface area contributed by atoms with Gasteiger partial charge in [0.05, 0.1) is 12.3 Å². The first-order valence-corrected chi connectivity index (χ1v) is 11.0. The third-order valence-corrected chi connectivity index (χ3v) is 5.62. The lowest BCUT2D eigenvalue weighted by Crippen LogP contribution is -2.25. The zero-order chi connectivity index (χ0) is 24.2. The van der Waals surface area contributed by atoms with Gasteiger partial charge in [0.1, 0.15) is 17.2 Å². The largest absolute Gasteiger partial charge is 0.508 e. The summed E-state index contributed by atoms with van der Waals surface area (Å²) in [5.74, 6) is -0.388. The fraction of sp³-hybridized carbons (Fsp3) is 0.280. The first-order chi connectivity index (χ1) is 16.4. The molecule has 0 atom stereocenters. The predicted octanol–water partition coefficient (Wildman–Crippen LogP) is 3.16. The maximum Gasteiger partial charge on any atom is 0.397 e. The van der Waals surface area contributed by atoms with Gasteiger partial charge in [-0.25, -0.2) is 9.89 Å². The van der Waals surface area contributed by atoms with Crippen LogP contribution in [0.1, 0.15) is 41.3 Å². The number of aryl methyl sites for hydroxylation is 1. The molecule has 4 rings (SSSR count). The molecule has 0 aliphatic heterocycles. The summed E-state index contributed by atoms with van der Waals surface area (Å²) in [5.41, 5.74) is 4.22. The van der Waals surface area contributed by atoms with Crippen LogP contribution in [-0.2, 0) is 33.6 Å². The number of carbonyl (C=O) groups is 2. The number of phenols is 1. The van der Waals surface area contributed by atoms with Gasteiger partial charge in [-0.05, 0) is 74.6 Å². The summed E-state index contributed by atoms with van der Waals surface area (Å²) in [6.07, 6.45) is 2.75. The predicted molar refractivity (Wildman–Crippen MR) is 124 cm³/mol. The number of phenolic OH excluding ortho intramolecular Hbond substituents is 1. The van der Waals surface area contributed by atoms with Gasteiger partial charge in [-0.15, -0.1) is 0 Å². The molecular formula is C25H25N3O6. The molecule has 1 aromatic heterocycles. The lowest BCUT2D eigenvalue weighted by molar-refractivity contribution is -0.152. The zero-order valence-corrected chi connectivity index (χ0v) is 18.9. The van der Waals surface area contributed by atoms with E-state index < -0.39 is 11.9 Å². The second-order valence-electron chi connectivity index (χ2n) is 8.04. The van der Waals surface area contributed by atoms with Crippen molar-refractivity contribution in [1.82, 2.24) is 10.2 Å². The van der Waals surface area contributed by atoms with E-state index >= 15 is 0 Å². The van der Waals surface area contributed by atoms with Gasteiger partial charge in [-0.1, -0.05) is 0 Å². The van der Waals surface area contributed by atoms with Gasteiger partial charge < -0.3 is 19.9 Å². The standard InChI is InChI=1S/C25H25N3O6/c1-3-33-25(32)24(31)26-20-11-14(2)23(19-6-4-5-18(19)20)34-17-8-9-21(29)15(13-17)12-16-7-10-22(30)28-27-16/h7-11,13,29H,3-6,12H2,1-2H3,(H,26,31)(H,28,30). The normalized spacial score (nSPS) is 12.2. The number of esters is 1. The van der Waals surface area contributed by atoms with Crippen LogP contribution in [0.5, 0.6) is 17.2 Å². The molecule has 3 N–H and O–H groups in total. The molecular weight excluding hydrogens is 438 g/mol. The first-order valence-electron chi connectivity index (χ1n) is 11.0. The molecule has 0 unspecified atom stereocenters. The van der Waals surface area contributed by atoms with Crippen molar-refractivity contribution < 1.29 is 24.2 Å². The number of nitrogens with zero attached hydrogens (tertiary/aromatic N) is 1. The van der Waals surface area contributed by atoms with Crippen molar-refractivity contribution in [3.63, 3.8) is 0 Å². The van der Waals surface area contributed by atoms with Gasteiger partial charge in [0.15, 0.2) is 0 Å². The van der Waals surface area contributed by atoms with E-state index in [9.17, 15) is 19.5 Å². The van der Waals surface area contributed by atoms with Crippen molar-refractivity contribution in [1.29, 1.82) is 0 Å². The fourth-order valence-corrected chi connectivity index (χ4v) is 4.07. The van der Waals surface area contributed by atoms with Crippen molar-refractivity contribution in [2.75, 3.05) is 11.9 Å². The molecule has 0 bridgehead atoms. The van der Waals surface area contributed by atoms with Gasteiger partial charge in [0, 0.05) is 29.3 Å². The van der Waals surface area contributed by atoms with Crippen molar-refractivity contribution in [2.24, 2.45) is 0 Å². The highest BCUT2D eigenvalue weighted by Gasteiger charge is 2.25. The molecule has 0 spiro atoms. The number of benzene rings is 2. The van der Waals surface area contributed by atoms with Crippen LogP contribution in [0.2, 0.25) is 0 Å². The van der Waals surface area contributed by atoms with E-state index in [1.807, 2.05) is 6.92 Å². The molecule has 9 heteroatoms. The number of amides is 1. The van der Waals surface area contributed by atoms with Gasteiger partial charge in [-0.2, -0.15) is 5.10 Å². The average molecular weight is 463 g/mol. The number of hydrogen-bond acceptors (Lipinski definition) is 7. The van der Waals surface area contributed by atoms with Crippen molar-refractivity contribution in [3.8, 4) is 17.2 Å². The average Bonchev–Trinajstić information content (AvgIpc) is 3.30. The number of ether oxygens (including phenoxy) is 2. The Morgan fingerprint density at radius 2 is 1.94 bits per heavy atom. The lowest BCUT2D eigenvalue weighted by Gasteiger charge is -2.18. The molecule has 176 valence electrons. The quantitative estimate of drug-likeness (QED) is 0.378. The number of carbonyl (C=O) groups excluding carboxylic acids is 2. The highest BCUT2D eigenvalue weighted by molar-refractivity contribution is 6.37. The van der Waals surface area contributed by atoms with E-state index in [2.05, 4.69) is 15.5 Å². The monoisotopic (exact) mass is 463 g/mol. The third-order valence-electron chi connectivity index (χ3n) is 5.62. The van der Waals surface area contributed by atoms with E-state index in [4.69, 9.17) is 9.47 Å². The van der Waals surface area contributed by atoms with E-state index in [-0.39, 0.29) is 17.9 Å². The molecule has 1 aliphatic rings. The number of aromatic amines is 1. The number of rotatable bonds is 6. The molecule has 0 radical (unpaired) electrons. The number of nitrogens with one attached hydrogen (secondary N) is 2. The van der Waals surface area contributed by atoms with Gasteiger partial charge in [0.2, 0.25) is 0 Å². The highest BCUT2D eigenvalue weighted by Crippen LogP contribution is 2.41. The van der Waals surface area contributed by atoms with Crippen LogP contribution in [-0.4, -0.2) is 33.8 Å². The number of aromatic nitrogens is 2. The molecule has 0 saturated heterocycles. The molecule has 34 heavy (non-hydrogen) atoms. The van der Waals surface area contributed by atoms with Crippen LogP contribution < -0.4 is 15.6 Å². The number of aromatic hydroxyl groups is 1. The Bertz CT molecular complexity index is 1290. The van der Waals surface area contributed by atoms with Crippen molar-refractivity contribution >= 4 is 17.6 Å². The number of fused-ring (bicyclic) bond motifs is 1. The minimum absolute atomic E-state index is 0.0966. The molecule has 1 aliphatic carbocycles. The summed E-state index contributed by atoms with van der Waals surface area (Å²) in [7, 11) is 0. The second kappa shape index (κ2) is 9.78. The van der Waals surface area contributed by atoms with Crippen LogP contribution in [0.15, 0.2) is 41.2 Å². The Hall–Kier alpha value is -4.14. The molecule has 1 amide bonds. The van der Waals surface area contributed by atoms with Crippen LogP contribution in [0.4, 0.5) is 5.69 Å². The number of hydrogen-bond donors (Lipinski definition) is 3. The zero-order valence-electron chi connectivity index (χ0n) is 18.9. The SMILES string of the molecule is CCOC(=O)C(=O)Nc1cc(C)c(Oc2ccc(O)c(Cc3ccc(=O)[nH]n3)c2)c2c1CCC2. The Morgan fingerprint density at radius 1 is 1.15 bits per heavy atom. The van der Waals surface area contributed by atoms with E-state index in [1.165, 1.54) is 6.07 Å². The Labute approximate surface area is 195 Å². The first kappa shape index (κ1) is 23.0. The topological polar surface area (TPSA) is 131 Å². The maximum atomic E-state index is 12.2. The van der Waals surface area contributed by atoms with Crippen LogP contribution >= 0.6 is 0 Å². The minimum atomic E-state index is -0.916. The minimum Gasteiger partial charge on any atom is -0.508 e. The molecule has 2 aromatic carbocycles. The highest BCUT2D eigenvalue weighted by atomic mass is 16.5. The van der Waals surface area contributed by atoms with Crippen LogP contribution in [0, 0.1) is 6.92 Å². The van der Waals surface area contributed by atoms with Crippen molar-refractivity contribution in [3.05, 3.63) is 74.7 Å². The smallest absolute Gasteiger partial charge is 0.397 e. The molecule has 0 saturated carbocycles. The molecule has 1 heterocycles. The summed E-state index contributed by atoms with van der Waals surface area (Å²) < 4.78 is 11.0. The van der Waals surface area contributed by atoms with Crippen molar-refractivity contribution in [2.45, 2.75) is 39.5 Å². The van der Waals surface area contributed by atoms with Gasteiger partial charge in [0.25, 0.3) is 5.56 Å². The van der Waals surface area contributed by atoms with Gasteiger partial charge >= 0.3 is 11.9 Å². The Morgan fingerprint density at radius 3 is 2.68 bits per heavy atom. The summed E-state index contributed by atoms with van der Waals surface area (Å²) >= 11 is 0. The summed E-state index contributed by atoms with van der Waals surface area (Å²) in [4.78, 5) is 35.1. The second-order valence-corrected chi connectivity index (χ2v) is 8.04. The van der Waals surface area contributed by atoms with E-state index in [1.54, 1.807) is 37.3 Å². The molecule has 0 fully saturated rings. The van der Waals surface area contributed by atoms with Crippen LogP contribution in [0.3, 0.4) is 0 Å². The van der Waals surface area contributed by atoms with E-state index in [0.29, 0.717) is 34.9 Å². The number of anilines is 1. The summed E-state index contributed by atoms with van der Waals surface area (Å²) in [5, 5.41) is 19.3. The van der Waals surface area contributed by atoms with Gasteiger partial charge in [-0.3, -0.25) is 9.59 Å². The Balaban J connectivity index is 1.60. The summed E-state index contributed by atoms with van der Waals surface area (Å²) in [6.45, 7) is 3.65. The van der Waals surface area contributed by atoms with E-state index in [0.717, 1.165) is 36.0 Å². The van der Waals surface area contributed by atoms with Crippen LogP contribution in [0.25, 0.3) is 0 Å². The lowest BCUT2D eigenvalue weighted by atomic mass is 10.0. The third kappa shape index (κ3) is 4.93. The Kier molecular flexibility index (Phi) is 6.62. The maximum absolute atomic E-state index is 12.2. The summed E-state index contributed by atoms with van der Waals surface area (Å²) in [6, 6.07) is 9.75. The number of H-pyrrole nitrogens is 1. The fourth-order valence-electron chi connectivity index (χ4n) is 4.07. The molecule has 3 aromatic rings. The molecule has 9 nitrogen and oxygen atoms in total.